The van der Waals surface area contributed by atoms with Crippen LogP contribution in [-0.2, 0) is 46.4 Å². The lowest BCUT2D eigenvalue weighted by Crippen LogP contribution is -2.58. The van der Waals surface area contributed by atoms with Crippen LogP contribution in [0.25, 0.3) is 0 Å². The first-order valence-corrected chi connectivity index (χ1v) is 17.2. The molecule has 0 saturated carbocycles. The van der Waals surface area contributed by atoms with Crippen molar-refractivity contribution in [3.05, 3.63) is 77.9 Å². The van der Waals surface area contributed by atoms with Crippen molar-refractivity contribution in [2.45, 2.75) is 68.7 Å². The summed E-state index contributed by atoms with van der Waals surface area (Å²) in [5, 5.41) is 22.7. The van der Waals surface area contributed by atoms with Gasteiger partial charge >= 0.3 is 0 Å². The maximum absolute atomic E-state index is 13.9. The standard InChI is InChI=1S/C36H45N9O8/c37-36(38)39-16-4-8-26-31(49)34(52)44-27(19-22-6-2-1-3-7-22)32(50)42-24(18-23-10-13-25(47)14-11-23)12-15-30(48)40-20-28(41-21-46)35(53)45-17-5-9-29(45)33(51)43-26/h1-3,6-7,10-15,21,24,26-29,47H,4-5,8-9,16-20H2,(H,40,48)(H,41,46)(H,42,50)(H,43,51)(H,44,52)(H4,37,38,39)/b15-12+/t24-,26+,27-,28+,29?/m1/s1. The van der Waals surface area contributed by atoms with Crippen molar-refractivity contribution in [3.63, 3.8) is 0 Å². The minimum atomic E-state index is -1.37. The summed E-state index contributed by atoms with van der Waals surface area (Å²) in [7, 11) is 0. The molecule has 0 radical (unpaired) electrons. The van der Waals surface area contributed by atoms with Crippen LogP contribution < -0.4 is 38.1 Å². The number of phenols is 1. The third-order valence-electron chi connectivity index (χ3n) is 8.79. The monoisotopic (exact) mass is 731 g/mol. The number of benzene rings is 2. The van der Waals surface area contributed by atoms with Crippen LogP contribution in [0.15, 0.2) is 71.7 Å². The highest BCUT2D eigenvalue weighted by molar-refractivity contribution is 6.38. The van der Waals surface area contributed by atoms with Crippen LogP contribution in [0.5, 0.6) is 5.75 Å². The number of ketones is 1. The number of fused-ring (bicyclic) bond motifs is 1. The van der Waals surface area contributed by atoms with Crippen LogP contribution in [0.2, 0.25) is 0 Å². The number of rotatable bonds is 10. The van der Waals surface area contributed by atoms with Crippen LogP contribution in [0.4, 0.5) is 0 Å². The fourth-order valence-corrected chi connectivity index (χ4v) is 6.09. The summed E-state index contributed by atoms with van der Waals surface area (Å²) in [5.41, 5.74) is 12.2. The predicted molar refractivity (Wildman–Crippen MR) is 193 cm³/mol. The Hall–Kier alpha value is -6.26. The quantitative estimate of drug-likeness (QED) is 0.0440. The second-order valence-corrected chi connectivity index (χ2v) is 12.7. The summed E-state index contributed by atoms with van der Waals surface area (Å²) in [6.07, 6.45) is 3.88. The topological polar surface area (TPSA) is 268 Å². The zero-order valence-corrected chi connectivity index (χ0v) is 29.0. The lowest BCUT2D eigenvalue weighted by atomic mass is 10.0. The number of carbonyl (C=O) groups is 7. The maximum atomic E-state index is 13.9. The molecule has 17 heteroatoms. The maximum Gasteiger partial charge on any atom is 0.290 e. The van der Waals surface area contributed by atoms with Crippen molar-refractivity contribution in [1.29, 1.82) is 0 Å². The zero-order valence-electron chi connectivity index (χ0n) is 29.0. The van der Waals surface area contributed by atoms with E-state index in [9.17, 15) is 38.7 Å². The van der Waals surface area contributed by atoms with Crippen molar-refractivity contribution in [2.24, 2.45) is 16.5 Å². The van der Waals surface area contributed by atoms with E-state index in [4.69, 9.17) is 11.5 Å². The Kier molecular flexibility index (Phi) is 14.4. The van der Waals surface area contributed by atoms with Gasteiger partial charge < -0.3 is 48.1 Å². The molecule has 0 aliphatic carbocycles. The van der Waals surface area contributed by atoms with Crippen molar-refractivity contribution in [2.75, 3.05) is 19.6 Å². The molecule has 53 heavy (non-hydrogen) atoms. The van der Waals surface area contributed by atoms with Crippen molar-refractivity contribution in [3.8, 4) is 5.75 Å². The molecule has 2 aromatic rings. The molecule has 0 spiro atoms. The number of phenolic OH excluding ortho intramolecular Hbond substituents is 1. The first kappa shape index (κ1) is 39.5. The predicted octanol–water partition coefficient (Wildman–Crippen LogP) is -1.95. The van der Waals surface area contributed by atoms with E-state index < -0.39 is 65.5 Å². The molecule has 2 aliphatic heterocycles. The highest BCUT2D eigenvalue weighted by Gasteiger charge is 2.39. The average Bonchev–Trinajstić information content (AvgIpc) is 3.64. The first-order chi connectivity index (χ1) is 25.4. The van der Waals surface area contributed by atoms with Gasteiger partial charge in [0.15, 0.2) is 5.96 Å². The summed E-state index contributed by atoms with van der Waals surface area (Å²) >= 11 is 0. The second kappa shape index (κ2) is 19.4. The Morgan fingerprint density at radius 1 is 0.906 bits per heavy atom. The molecule has 2 heterocycles. The van der Waals surface area contributed by atoms with E-state index in [2.05, 4.69) is 31.6 Å². The van der Waals surface area contributed by atoms with Gasteiger partial charge in [0.05, 0.1) is 12.1 Å². The molecule has 4 rings (SSSR count). The van der Waals surface area contributed by atoms with Gasteiger partial charge in [0.2, 0.25) is 35.8 Å². The molecule has 1 saturated heterocycles. The van der Waals surface area contributed by atoms with Gasteiger partial charge in [-0.2, -0.15) is 0 Å². The summed E-state index contributed by atoms with van der Waals surface area (Å²) in [5.74, 6) is -4.95. The fraction of sp³-hybridized carbons (Fsp3) is 0.389. The summed E-state index contributed by atoms with van der Waals surface area (Å²) < 4.78 is 0. The van der Waals surface area contributed by atoms with Gasteiger partial charge in [-0.25, -0.2) is 0 Å². The Morgan fingerprint density at radius 2 is 1.62 bits per heavy atom. The van der Waals surface area contributed by atoms with Gasteiger partial charge in [-0.15, -0.1) is 0 Å². The van der Waals surface area contributed by atoms with Crippen LogP contribution in [0.1, 0.15) is 36.8 Å². The molecule has 2 aliphatic rings. The number of nitrogens with two attached hydrogens (primary N) is 2. The highest BCUT2D eigenvalue weighted by Crippen LogP contribution is 2.20. The lowest BCUT2D eigenvalue weighted by Gasteiger charge is -2.29. The van der Waals surface area contributed by atoms with E-state index in [1.807, 2.05) is 0 Å². The van der Waals surface area contributed by atoms with Crippen molar-refractivity contribution >= 4 is 47.7 Å². The van der Waals surface area contributed by atoms with Crippen molar-refractivity contribution < 1.29 is 38.7 Å². The smallest absolute Gasteiger partial charge is 0.290 e. The van der Waals surface area contributed by atoms with E-state index in [0.717, 1.165) is 6.08 Å². The molecule has 282 valence electrons. The number of amides is 6. The summed E-state index contributed by atoms with van der Waals surface area (Å²) in [6.45, 7) is -0.0548. The first-order valence-electron chi connectivity index (χ1n) is 17.2. The van der Waals surface area contributed by atoms with Crippen molar-refractivity contribution in [1.82, 2.24) is 31.5 Å². The minimum Gasteiger partial charge on any atom is -0.508 e. The number of nitrogens with one attached hydrogen (secondary N) is 5. The number of carbonyl (C=O) groups excluding carboxylic acids is 7. The SMILES string of the molecule is NC(N)=NCCC[C@@H]1NC(=O)C2CCCN2C(=O)[C@@H](NC=O)CNC(=O)/C=C/[C@H](Cc2ccc(O)cc2)NC(=O)[C@@H](Cc2ccccc2)NC(=O)C1=O. The van der Waals surface area contributed by atoms with E-state index in [-0.39, 0.29) is 63.4 Å². The van der Waals surface area contributed by atoms with Crippen LogP contribution in [-0.4, -0.2) is 108 Å². The highest BCUT2D eigenvalue weighted by atomic mass is 16.3. The third-order valence-corrected chi connectivity index (χ3v) is 8.79. The molecule has 10 N–H and O–H groups in total. The molecule has 6 amide bonds. The van der Waals surface area contributed by atoms with E-state index >= 15 is 0 Å². The number of guanidine groups is 1. The van der Waals surface area contributed by atoms with Crippen LogP contribution in [0.3, 0.4) is 0 Å². The number of hydrogen-bond acceptors (Lipinski definition) is 9. The van der Waals surface area contributed by atoms with Gasteiger partial charge in [-0.3, -0.25) is 38.6 Å². The lowest BCUT2D eigenvalue weighted by molar-refractivity contribution is -0.143. The molecular weight excluding hydrogens is 686 g/mol. The molecule has 1 unspecified atom stereocenters. The molecule has 1 fully saturated rings. The van der Waals surface area contributed by atoms with E-state index in [1.165, 1.54) is 23.1 Å². The average molecular weight is 732 g/mol. The van der Waals surface area contributed by atoms with Gasteiger partial charge in [-0.05, 0) is 55.4 Å². The fourth-order valence-electron chi connectivity index (χ4n) is 6.09. The van der Waals surface area contributed by atoms with Gasteiger partial charge in [0.1, 0.15) is 23.9 Å². The molecule has 2 aromatic carbocycles. The molecule has 5 atom stereocenters. The third kappa shape index (κ3) is 11.9. The second-order valence-electron chi connectivity index (χ2n) is 12.7. The number of aromatic hydroxyl groups is 1. The van der Waals surface area contributed by atoms with E-state index in [1.54, 1.807) is 42.5 Å². The Morgan fingerprint density at radius 3 is 2.32 bits per heavy atom. The zero-order chi connectivity index (χ0) is 38.3. The largest absolute Gasteiger partial charge is 0.508 e. The molecule has 0 bridgehead atoms. The normalized spacial score (nSPS) is 23.8. The summed E-state index contributed by atoms with van der Waals surface area (Å²) in [6, 6.07) is 9.29. The number of Topliss-reactive ketones (excluding diaryl/α,β-unsaturated/α-hetero) is 1. The Bertz CT molecular complexity index is 1700. The number of hydrogen-bond donors (Lipinski definition) is 8. The number of nitrogens with zero attached hydrogens (tertiary/aromatic N) is 2. The number of aliphatic imine (C=N–C) groups is 1. The molecule has 17 nitrogen and oxygen atoms in total. The van der Waals surface area contributed by atoms with Crippen LogP contribution in [0, 0.1) is 0 Å². The Balaban J connectivity index is 1.71. The van der Waals surface area contributed by atoms with Gasteiger partial charge in [-0.1, -0.05) is 48.5 Å². The molecule has 0 aromatic heterocycles. The van der Waals surface area contributed by atoms with Gasteiger partial charge in [0.25, 0.3) is 5.91 Å². The van der Waals surface area contributed by atoms with Crippen LogP contribution >= 0.6 is 0 Å². The van der Waals surface area contributed by atoms with Gasteiger partial charge in [0, 0.05) is 32.1 Å². The minimum absolute atomic E-state index is 0.00634. The Labute approximate surface area is 306 Å². The molecular formula is C36H45N9O8. The summed E-state index contributed by atoms with van der Waals surface area (Å²) in [4.78, 5) is 98.2. The van der Waals surface area contributed by atoms with E-state index in [0.29, 0.717) is 24.0 Å².